The van der Waals surface area contributed by atoms with Crippen molar-refractivity contribution in [2.24, 2.45) is 16.8 Å². The summed E-state index contributed by atoms with van der Waals surface area (Å²) in [6.45, 7) is 11.4. The van der Waals surface area contributed by atoms with Crippen LogP contribution in [0, 0.1) is 5.92 Å². The van der Waals surface area contributed by atoms with Crippen molar-refractivity contribution in [3.05, 3.63) is 94.6 Å². The van der Waals surface area contributed by atoms with Gasteiger partial charge in [0.05, 0.1) is 22.4 Å². The van der Waals surface area contributed by atoms with Crippen molar-refractivity contribution in [1.82, 2.24) is 5.01 Å². The minimum Gasteiger partial charge on any atom is -0.366 e. The number of hydrazone groups is 1. The number of nitrogens with zero attached hydrogens (tertiary/aromatic N) is 2. The molecule has 208 valence electrons. The molecule has 1 amide bonds. The van der Waals surface area contributed by atoms with Gasteiger partial charge in [-0.15, -0.1) is 0 Å². The molecular weight excluding hydrogens is 515 g/mol. The van der Waals surface area contributed by atoms with E-state index >= 15 is 4.39 Å². The first kappa shape index (κ1) is 32.4. The number of carbonyl (C=O) groups excluding carboxylic acids is 1. The fourth-order valence-electron chi connectivity index (χ4n) is 3.11. The molecule has 38 heavy (non-hydrogen) atoms. The third-order valence-electron chi connectivity index (χ3n) is 5.25. The lowest BCUT2D eigenvalue weighted by Crippen LogP contribution is -2.21. The number of rotatable bonds is 10. The molecule has 0 radical (unpaired) electrons. The van der Waals surface area contributed by atoms with Gasteiger partial charge in [-0.25, -0.2) is 9.40 Å². The molecule has 0 saturated carbocycles. The lowest BCUT2D eigenvalue weighted by atomic mass is 9.95. The molecule has 11 heteroatoms. The van der Waals surface area contributed by atoms with E-state index in [1.54, 1.807) is 19.9 Å². The van der Waals surface area contributed by atoms with Gasteiger partial charge in [-0.3, -0.25) is 4.79 Å². The first-order chi connectivity index (χ1) is 17.5. The number of nitrogens with two attached hydrogens (primary N) is 1. The number of carbonyl (C=O) groups is 1. The third kappa shape index (κ3) is 8.74. The first-order valence-corrected chi connectivity index (χ1v) is 11.5. The van der Waals surface area contributed by atoms with E-state index in [0.29, 0.717) is 24.1 Å². The van der Waals surface area contributed by atoms with Crippen molar-refractivity contribution >= 4 is 11.6 Å². The molecule has 0 fully saturated rings. The quantitative estimate of drug-likeness (QED) is 0.106. The van der Waals surface area contributed by atoms with Gasteiger partial charge in [0.1, 0.15) is 5.83 Å². The number of benzene rings is 1. The molecule has 4 nitrogen and oxygen atoms in total. The Morgan fingerprint density at radius 1 is 1.08 bits per heavy atom. The normalized spacial score (nSPS) is 14.7. The number of primary amides is 1. The highest BCUT2D eigenvalue weighted by Gasteiger charge is 2.37. The molecule has 0 heterocycles. The maximum atomic E-state index is 15.2. The second-order valence-corrected chi connectivity index (χ2v) is 8.46. The van der Waals surface area contributed by atoms with Gasteiger partial charge >= 0.3 is 12.4 Å². The molecule has 1 rings (SSSR count). The molecule has 1 aromatic rings. The number of amides is 1. The predicted octanol–water partition coefficient (Wildman–Crippen LogP) is 8.06. The van der Waals surface area contributed by atoms with E-state index in [4.69, 9.17) is 5.73 Å². The number of alkyl halides is 6. The van der Waals surface area contributed by atoms with Crippen LogP contribution in [0.25, 0.3) is 0 Å². The molecule has 1 aromatic carbocycles. The number of allylic oxidation sites excluding steroid dienone is 5. The minimum absolute atomic E-state index is 0.0152. The van der Waals surface area contributed by atoms with Gasteiger partial charge in [0.25, 0.3) is 5.91 Å². The molecule has 0 atom stereocenters. The van der Waals surface area contributed by atoms with E-state index in [0.717, 1.165) is 17.4 Å². The van der Waals surface area contributed by atoms with Crippen LogP contribution >= 0.6 is 0 Å². The van der Waals surface area contributed by atoms with Crippen LogP contribution in [-0.4, -0.2) is 16.6 Å². The molecular formula is C27H30F7N3O. The van der Waals surface area contributed by atoms with Crippen LogP contribution in [0.15, 0.2) is 83.1 Å². The summed E-state index contributed by atoms with van der Waals surface area (Å²) in [5.41, 5.74) is 1.66. The fourth-order valence-corrected chi connectivity index (χ4v) is 3.11. The van der Waals surface area contributed by atoms with Gasteiger partial charge in [-0.1, -0.05) is 45.6 Å². The number of hydrogen-bond acceptors (Lipinski definition) is 3. The monoisotopic (exact) mass is 545 g/mol. The molecule has 0 aliphatic heterocycles. The Labute approximate surface area is 217 Å². The van der Waals surface area contributed by atoms with Gasteiger partial charge in [0.2, 0.25) is 0 Å². The average molecular weight is 546 g/mol. The summed E-state index contributed by atoms with van der Waals surface area (Å²) in [6, 6.07) is 1.12. The topological polar surface area (TPSA) is 58.7 Å². The molecule has 0 bridgehead atoms. The predicted molar refractivity (Wildman–Crippen MR) is 134 cm³/mol. The zero-order valence-electron chi connectivity index (χ0n) is 21.6. The molecule has 0 aliphatic carbocycles. The lowest BCUT2D eigenvalue weighted by molar-refractivity contribution is -0.143. The standard InChI is InChI=1S/C27H30F7N3O/c1-7-10-11-21(23(28)17(6)8-2)22(25(35)38)15-37(9-3)36-24(16(4)5)18-12-19(26(29,30)31)14-20(13-18)27(32,33)34/h7,9-16H,3,8H2,1-2,4-6H3,(H2,35,38)/b10-7-,21-11-,22-15+,23-17-,36-24+. The Morgan fingerprint density at radius 3 is 1.97 bits per heavy atom. The van der Waals surface area contributed by atoms with Crippen molar-refractivity contribution in [3.63, 3.8) is 0 Å². The van der Waals surface area contributed by atoms with Crippen LogP contribution in [0.2, 0.25) is 0 Å². The van der Waals surface area contributed by atoms with E-state index in [1.165, 1.54) is 32.9 Å². The van der Waals surface area contributed by atoms with Crippen molar-refractivity contribution in [1.29, 1.82) is 0 Å². The molecule has 0 aliphatic rings. The van der Waals surface area contributed by atoms with E-state index in [9.17, 15) is 31.1 Å². The van der Waals surface area contributed by atoms with Crippen LogP contribution in [-0.2, 0) is 17.1 Å². The maximum Gasteiger partial charge on any atom is 0.416 e. The number of halogens is 7. The molecule has 0 unspecified atom stereocenters. The Balaban J connectivity index is 3.93. The second-order valence-electron chi connectivity index (χ2n) is 8.46. The SMILES string of the molecule is C=CN(\C=C(C(N)=O)/C(=C/C=C\C)C(/F)=C(\C)CC)/N=C(/c1cc(C(F)(F)F)cc(C(F)(F)F)c1)C(C)C. The Kier molecular flexibility index (Phi) is 11.3. The summed E-state index contributed by atoms with van der Waals surface area (Å²) in [5, 5.41) is 5.04. The third-order valence-corrected chi connectivity index (χ3v) is 5.25. The highest BCUT2D eigenvalue weighted by atomic mass is 19.4. The van der Waals surface area contributed by atoms with Crippen LogP contribution in [0.1, 0.15) is 57.7 Å². The van der Waals surface area contributed by atoms with Crippen LogP contribution in [0.5, 0.6) is 0 Å². The minimum atomic E-state index is -5.05. The maximum absolute atomic E-state index is 15.2. The van der Waals surface area contributed by atoms with Crippen LogP contribution in [0.4, 0.5) is 30.7 Å². The van der Waals surface area contributed by atoms with E-state index < -0.39 is 46.7 Å². The van der Waals surface area contributed by atoms with Crippen molar-refractivity contribution in [2.75, 3.05) is 0 Å². The smallest absolute Gasteiger partial charge is 0.366 e. The van der Waals surface area contributed by atoms with Crippen LogP contribution in [0.3, 0.4) is 0 Å². The summed E-state index contributed by atoms with van der Waals surface area (Å²) in [7, 11) is 0. The van der Waals surface area contributed by atoms with Crippen LogP contribution < -0.4 is 5.73 Å². The highest BCUT2D eigenvalue weighted by Crippen LogP contribution is 2.37. The second kappa shape index (κ2) is 13.3. The van der Waals surface area contributed by atoms with Crippen molar-refractivity contribution in [3.8, 4) is 0 Å². The van der Waals surface area contributed by atoms with E-state index in [1.807, 2.05) is 0 Å². The lowest BCUT2D eigenvalue weighted by Gasteiger charge is -2.20. The van der Waals surface area contributed by atoms with E-state index in [-0.39, 0.29) is 22.9 Å². The average Bonchev–Trinajstić information content (AvgIpc) is 2.82. The molecule has 0 aromatic heterocycles. The highest BCUT2D eigenvalue weighted by molar-refractivity contribution is 6.02. The van der Waals surface area contributed by atoms with Gasteiger partial charge in [-0.05, 0) is 55.5 Å². The van der Waals surface area contributed by atoms with Gasteiger partial charge in [-0.2, -0.15) is 31.4 Å². The first-order valence-electron chi connectivity index (χ1n) is 11.5. The molecule has 2 N–H and O–H groups in total. The summed E-state index contributed by atoms with van der Waals surface area (Å²) >= 11 is 0. The fraction of sp³-hybridized carbons (Fsp3) is 0.333. The summed E-state index contributed by atoms with van der Waals surface area (Å²) in [5.74, 6) is -2.45. The largest absolute Gasteiger partial charge is 0.416 e. The zero-order chi connectivity index (χ0) is 29.4. The summed E-state index contributed by atoms with van der Waals surface area (Å²) in [6.07, 6.45) is -3.37. The summed E-state index contributed by atoms with van der Waals surface area (Å²) < 4.78 is 95.6. The van der Waals surface area contributed by atoms with Crippen molar-refractivity contribution in [2.45, 2.75) is 53.4 Å². The summed E-state index contributed by atoms with van der Waals surface area (Å²) in [4.78, 5) is 12.3. The van der Waals surface area contributed by atoms with Crippen molar-refractivity contribution < 1.29 is 35.5 Å². The molecule has 0 saturated heterocycles. The Bertz CT molecular complexity index is 1150. The number of hydrogen-bond donors (Lipinski definition) is 1. The Morgan fingerprint density at radius 2 is 1.61 bits per heavy atom. The van der Waals surface area contributed by atoms with Gasteiger partial charge in [0, 0.05) is 18.0 Å². The zero-order valence-corrected chi connectivity index (χ0v) is 21.6. The van der Waals surface area contributed by atoms with Gasteiger partial charge in [0.15, 0.2) is 0 Å². The van der Waals surface area contributed by atoms with E-state index in [2.05, 4.69) is 11.7 Å². The van der Waals surface area contributed by atoms with Gasteiger partial charge < -0.3 is 5.73 Å². The molecule has 0 spiro atoms. The Hall–Kier alpha value is -3.63.